The van der Waals surface area contributed by atoms with Gasteiger partial charge in [-0.15, -0.1) is 0 Å². The molecule has 0 radical (unpaired) electrons. The molecule has 3 rings (SSSR count). The molecule has 1 amide bonds. The van der Waals surface area contributed by atoms with Crippen molar-refractivity contribution in [2.75, 3.05) is 0 Å². The molecular weight excluding hydrogens is 377 g/mol. The van der Waals surface area contributed by atoms with Crippen molar-refractivity contribution in [3.8, 4) is 5.75 Å². The van der Waals surface area contributed by atoms with E-state index < -0.39 is 0 Å². The van der Waals surface area contributed by atoms with E-state index in [0.717, 1.165) is 11.4 Å². The average Bonchev–Trinajstić information content (AvgIpc) is 3.20. The minimum atomic E-state index is -0.275. The van der Waals surface area contributed by atoms with Crippen molar-refractivity contribution in [3.05, 3.63) is 63.7 Å². The fraction of sp³-hybridized carbons (Fsp3) is 0.235. The number of nitrogens with one attached hydrogen (secondary N) is 1. The van der Waals surface area contributed by atoms with Gasteiger partial charge in [-0.2, -0.15) is 10.2 Å². The maximum atomic E-state index is 12.2. The summed E-state index contributed by atoms with van der Waals surface area (Å²) in [7, 11) is 1.83. The first-order valence-electron chi connectivity index (χ1n) is 7.82. The third kappa shape index (κ3) is 4.17. The molecule has 26 heavy (non-hydrogen) atoms. The van der Waals surface area contributed by atoms with Crippen molar-refractivity contribution >= 4 is 29.1 Å². The maximum absolute atomic E-state index is 12.2. The van der Waals surface area contributed by atoms with Gasteiger partial charge in [0.1, 0.15) is 16.5 Å². The average molecular weight is 394 g/mol. The molecule has 7 nitrogen and oxygen atoms in total. The van der Waals surface area contributed by atoms with Crippen molar-refractivity contribution in [3.63, 3.8) is 0 Å². The van der Waals surface area contributed by atoms with E-state index >= 15 is 0 Å². The van der Waals surface area contributed by atoms with Crippen molar-refractivity contribution in [2.24, 2.45) is 7.05 Å². The molecule has 1 N–H and O–H groups in total. The van der Waals surface area contributed by atoms with Crippen molar-refractivity contribution < 1.29 is 9.53 Å². The lowest BCUT2D eigenvalue weighted by Gasteiger charge is -2.08. The Labute approximate surface area is 160 Å². The molecule has 3 aromatic rings. The topological polar surface area (TPSA) is 74.0 Å². The highest BCUT2D eigenvalue weighted by atomic mass is 35.5. The van der Waals surface area contributed by atoms with Crippen LogP contribution in [0.3, 0.4) is 0 Å². The van der Waals surface area contributed by atoms with Gasteiger partial charge < -0.3 is 10.1 Å². The zero-order chi connectivity index (χ0) is 18.7. The Kier molecular flexibility index (Phi) is 5.49. The summed E-state index contributed by atoms with van der Waals surface area (Å²) in [5, 5.41) is 12.0. The summed E-state index contributed by atoms with van der Waals surface area (Å²) in [6, 6.07) is 8.66. The second-order valence-electron chi connectivity index (χ2n) is 5.65. The van der Waals surface area contributed by atoms with Crippen LogP contribution in [0.4, 0.5) is 0 Å². The predicted molar refractivity (Wildman–Crippen MR) is 98.4 cm³/mol. The van der Waals surface area contributed by atoms with Crippen LogP contribution in [-0.4, -0.2) is 25.5 Å². The Morgan fingerprint density at radius 2 is 2.08 bits per heavy atom. The first kappa shape index (κ1) is 18.3. The first-order valence-corrected chi connectivity index (χ1v) is 8.57. The van der Waals surface area contributed by atoms with Gasteiger partial charge in [0.15, 0.2) is 6.73 Å². The van der Waals surface area contributed by atoms with E-state index in [1.165, 1.54) is 4.68 Å². The van der Waals surface area contributed by atoms with E-state index in [0.29, 0.717) is 28.0 Å². The second-order valence-corrected chi connectivity index (χ2v) is 6.43. The molecule has 0 saturated carbocycles. The van der Waals surface area contributed by atoms with Crippen LogP contribution in [0.25, 0.3) is 0 Å². The Morgan fingerprint density at radius 1 is 1.27 bits per heavy atom. The van der Waals surface area contributed by atoms with Crippen molar-refractivity contribution in [2.45, 2.75) is 20.2 Å². The van der Waals surface area contributed by atoms with E-state index in [1.807, 2.05) is 20.0 Å². The lowest BCUT2D eigenvalue weighted by Crippen LogP contribution is -2.24. The number of ether oxygens (including phenoxy) is 1. The van der Waals surface area contributed by atoms with Gasteiger partial charge >= 0.3 is 0 Å². The summed E-state index contributed by atoms with van der Waals surface area (Å²) in [4.78, 5) is 12.2. The normalized spacial score (nSPS) is 10.8. The fourth-order valence-electron chi connectivity index (χ4n) is 2.38. The zero-order valence-corrected chi connectivity index (χ0v) is 15.8. The van der Waals surface area contributed by atoms with Crippen molar-refractivity contribution in [1.29, 1.82) is 0 Å². The number of hydrogen-bond acceptors (Lipinski definition) is 4. The second kappa shape index (κ2) is 7.80. The van der Waals surface area contributed by atoms with Crippen LogP contribution in [0, 0.1) is 6.92 Å². The summed E-state index contributed by atoms with van der Waals surface area (Å²) in [5.41, 5.74) is 2.11. The molecule has 136 valence electrons. The van der Waals surface area contributed by atoms with Gasteiger partial charge in [0.05, 0.1) is 23.0 Å². The molecule has 0 saturated heterocycles. The highest BCUT2D eigenvalue weighted by molar-refractivity contribution is 6.42. The zero-order valence-electron chi connectivity index (χ0n) is 14.2. The Bertz CT molecular complexity index is 935. The number of aryl methyl sites for hydroxylation is 2. The highest BCUT2D eigenvalue weighted by Gasteiger charge is 2.11. The standard InChI is InChI=1S/C17H17Cl2N5O2/c1-11-8-12(23(2)21-11)9-20-17(25)14-6-7-24(22-14)10-26-15-5-3-4-13(18)16(15)19/h3-8H,9-10H2,1-2H3,(H,20,25). The van der Waals surface area contributed by atoms with Crippen LogP contribution >= 0.6 is 23.2 Å². The number of carbonyl (C=O) groups is 1. The Morgan fingerprint density at radius 3 is 2.81 bits per heavy atom. The predicted octanol–water partition coefficient (Wildman–Crippen LogP) is 3.20. The van der Waals surface area contributed by atoms with Gasteiger partial charge in [0.25, 0.3) is 5.91 Å². The fourth-order valence-corrected chi connectivity index (χ4v) is 2.72. The minimum Gasteiger partial charge on any atom is -0.470 e. The summed E-state index contributed by atoms with van der Waals surface area (Å²) < 4.78 is 8.82. The van der Waals surface area contributed by atoms with Gasteiger partial charge in [-0.25, -0.2) is 4.68 Å². The lowest BCUT2D eigenvalue weighted by atomic mass is 10.3. The van der Waals surface area contributed by atoms with Crippen LogP contribution in [0.15, 0.2) is 36.5 Å². The van der Waals surface area contributed by atoms with Crippen LogP contribution in [0.1, 0.15) is 21.9 Å². The Balaban J connectivity index is 1.57. The SMILES string of the molecule is Cc1cc(CNC(=O)c2ccn(COc3cccc(Cl)c3Cl)n2)n(C)n1. The van der Waals surface area contributed by atoms with Crippen LogP contribution < -0.4 is 10.1 Å². The van der Waals surface area contributed by atoms with Gasteiger partial charge in [-0.05, 0) is 31.2 Å². The molecule has 9 heteroatoms. The van der Waals surface area contributed by atoms with E-state index in [4.69, 9.17) is 27.9 Å². The molecule has 0 fully saturated rings. The number of halogens is 2. The summed E-state index contributed by atoms with van der Waals surface area (Å²) in [6.45, 7) is 2.38. The molecule has 2 aromatic heterocycles. The number of carbonyl (C=O) groups excluding carboxylic acids is 1. The van der Waals surface area contributed by atoms with Crippen LogP contribution in [-0.2, 0) is 20.3 Å². The highest BCUT2D eigenvalue weighted by Crippen LogP contribution is 2.31. The molecule has 0 spiro atoms. The van der Waals surface area contributed by atoms with E-state index in [9.17, 15) is 4.79 Å². The van der Waals surface area contributed by atoms with Gasteiger partial charge in [-0.3, -0.25) is 9.48 Å². The summed E-state index contributed by atoms with van der Waals surface area (Å²) >= 11 is 12.0. The third-order valence-electron chi connectivity index (χ3n) is 3.67. The number of benzene rings is 1. The third-order valence-corrected chi connectivity index (χ3v) is 4.47. The van der Waals surface area contributed by atoms with Crippen LogP contribution in [0.2, 0.25) is 10.0 Å². The van der Waals surface area contributed by atoms with Crippen molar-refractivity contribution in [1.82, 2.24) is 24.9 Å². The van der Waals surface area contributed by atoms with E-state index in [1.54, 1.807) is 35.1 Å². The number of rotatable bonds is 6. The smallest absolute Gasteiger partial charge is 0.272 e. The Hall–Kier alpha value is -2.51. The molecule has 0 aliphatic rings. The molecule has 0 atom stereocenters. The van der Waals surface area contributed by atoms with Gasteiger partial charge in [0, 0.05) is 13.2 Å². The monoisotopic (exact) mass is 393 g/mol. The van der Waals surface area contributed by atoms with E-state index in [-0.39, 0.29) is 12.6 Å². The molecule has 0 aliphatic carbocycles. The molecule has 2 heterocycles. The maximum Gasteiger partial charge on any atom is 0.272 e. The minimum absolute atomic E-state index is 0.105. The number of aromatic nitrogens is 4. The van der Waals surface area contributed by atoms with Gasteiger partial charge in [-0.1, -0.05) is 29.3 Å². The summed E-state index contributed by atoms with van der Waals surface area (Å²) in [6.07, 6.45) is 1.65. The molecule has 1 aromatic carbocycles. The lowest BCUT2D eigenvalue weighted by molar-refractivity contribution is 0.0943. The molecule has 0 bridgehead atoms. The number of hydrogen-bond donors (Lipinski definition) is 1. The largest absolute Gasteiger partial charge is 0.470 e. The molecular formula is C17H17Cl2N5O2. The van der Waals surface area contributed by atoms with Crippen LogP contribution in [0.5, 0.6) is 5.75 Å². The molecule has 0 unspecified atom stereocenters. The molecule has 0 aliphatic heterocycles. The van der Waals surface area contributed by atoms with Gasteiger partial charge in [0.2, 0.25) is 0 Å². The summed E-state index contributed by atoms with van der Waals surface area (Å²) in [5.74, 6) is 0.177. The number of amides is 1. The number of nitrogens with zero attached hydrogens (tertiary/aromatic N) is 4. The van der Waals surface area contributed by atoms with E-state index in [2.05, 4.69) is 15.5 Å². The quantitative estimate of drug-likeness (QED) is 0.697. The first-order chi connectivity index (χ1) is 12.4.